The first-order valence-electron chi connectivity index (χ1n) is 7.49. The molecule has 0 amide bonds. The number of hydrogen-bond donors (Lipinski definition) is 1. The Morgan fingerprint density at radius 2 is 1.85 bits per heavy atom. The largest absolute Gasteiger partial charge is 0.459 e. The highest BCUT2D eigenvalue weighted by molar-refractivity contribution is 5.86. The van der Waals surface area contributed by atoms with Gasteiger partial charge in [0.1, 0.15) is 11.3 Å². The number of furan rings is 1. The molecular weight excluding hydrogens is 246 g/mol. The van der Waals surface area contributed by atoms with E-state index in [2.05, 4.69) is 53.7 Å². The van der Waals surface area contributed by atoms with Crippen LogP contribution in [-0.4, -0.2) is 0 Å². The van der Waals surface area contributed by atoms with Gasteiger partial charge in [-0.25, -0.2) is 0 Å². The second-order valence-corrected chi connectivity index (χ2v) is 7.23. The highest BCUT2D eigenvalue weighted by atomic mass is 16.3. The van der Waals surface area contributed by atoms with Crippen LogP contribution in [0.1, 0.15) is 57.1 Å². The standard InChI is InChI=1S/C18H27NO/c1-11(2)7-14-15-9-13(18(4,5)6)8-12(3)17(15)20-16(14)10-19/h8-9,11H,7,10,19H2,1-6H3. The summed E-state index contributed by atoms with van der Waals surface area (Å²) in [6.07, 6.45) is 1.02. The van der Waals surface area contributed by atoms with Gasteiger partial charge in [0.15, 0.2) is 0 Å². The molecule has 0 aliphatic heterocycles. The van der Waals surface area contributed by atoms with E-state index in [0.717, 1.165) is 17.8 Å². The molecule has 20 heavy (non-hydrogen) atoms. The summed E-state index contributed by atoms with van der Waals surface area (Å²) in [5.41, 5.74) is 10.9. The van der Waals surface area contributed by atoms with E-state index >= 15 is 0 Å². The molecule has 110 valence electrons. The fourth-order valence-electron chi connectivity index (χ4n) is 2.70. The Labute approximate surface area is 122 Å². The summed E-state index contributed by atoms with van der Waals surface area (Å²) in [5, 5.41) is 1.25. The number of aryl methyl sites for hydroxylation is 1. The van der Waals surface area contributed by atoms with E-state index in [-0.39, 0.29) is 5.41 Å². The Hall–Kier alpha value is -1.28. The average Bonchev–Trinajstić information content (AvgIpc) is 2.66. The molecule has 0 fully saturated rings. The van der Waals surface area contributed by atoms with Crippen LogP contribution in [0.2, 0.25) is 0 Å². The molecule has 2 heteroatoms. The van der Waals surface area contributed by atoms with Crippen molar-refractivity contribution in [2.24, 2.45) is 11.7 Å². The molecule has 0 radical (unpaired) electrons. The van der Waals surface area contributed by atoms with E-state index in [1.165, 1.54) is 22.1 Å². The fourth-order valence-corrected chi connectivity index (χ4v) is 2.70. The van der Waals surface area contributed by atoms with Crippen molar-refractivity contribution >= 4 is 11.0 Å². The zero-order valence-corrected chi connectivity index (χ0v) is 13.6. The van der Waals surface area contributed by atoms with Crippen LogP contribution in [0.25, 0.3) is 11.0 Å². The van der Waals surface area contributed by atoms with Crippen LogP contribution in [0.4, 0.5) is 0 Å². The second kappa shape index (κ2) is 5.25. The van der Waals surface area contributed by atoms with Gasteiger partial charge in [0.25, 0.3) is 0 Å². The van der Waals surface area contributed by atoms with E-state index in [4.69, 9.17) is 10.2 Å². The molecule has 2 rings (SSSR count). The van der Waals surface area contributed by atoms with Crippen LogP contribution in [-0.2, 0) is 18.4 Å². The number of benzene rings is 1. The highest BCUT2D eigenvalue weighted by Crippen LogP contribution is 2.34. The molecule has 0 atom stereocenters. The summed E-state index contributed by atoms with van der Waals surface area (Å²) in [6.45, 7) is 13.8. The topological polar surface area (TPSA) is 39.2 Å². The first-order chi connectivity index (χ1) is 9.24. The predicted molar refractivity (Wildman–Crippen MR) is 86.1 cm³/mol. The molecule has 0 spiro atoms. The third kappa shape index (κ3) is 2.76. The van der Waals surface area contributed by atoms with Gasteiger partial charge >= 0.3 is 0 Å². The molecule has 0 saturated heterocycles. The first kappa shape index (κ1) is 15.1. The van der Waals surface area contributed by atoms with E-state index in [0.29, 0.717) is 12.5 Å². The van der Waals surface area contributed by atoms with Crippen molar-refractivity contribution in [3.05, 3.63) is 34.6 Å². The van der Waals surface area contributed by atoms with Crippen LogP contribution in [0.3, 0.4) is 0 Å². The van der Waals surface area contributed by atoms with Crippen molar-refractivity contribution in [3.63, 3.8) is 0 Å². The van der Waals surface area contributed by atoms with Gasteiger partial charge in [0.05, 0.1) is 6.54 Å². The van der Waals surface area contributed by atoms with Crippen LogP contribution >= 0.6 is 0 Å². The third-order valence-corrected chi connectivity index (χ3v) is 3.83. The van der Waals surface area contributed by atoms with Gasteiger partial charge < -0.3 is 10.2 Å². The molecule has 0 unspecified atom stereocenters. The molecule has 2 aromatic rings. The molecule has 0 bridgehead atoms. The monoisotopic (exact) mass is 273 g/mol. The third-order valence-electron chi connectivity index (χ3n) is 3.83. The fraction of sp³-hybridized carbons (Fsp3) is 0.556. The summed E-state index contributed by atoms with van der Waals surface area (Å²) >= 11 is 0. The van der Waals surface area contributed by atoms with Gasteiger partial charge in [0.2, 0.25) is 0 Å². The Morgan fingerprint density at radius 1 is 1.20 bits per heavy atom. The Balaban J connectivity index is 2.72. The summed E-state index contributed by atoms with van der Waals surface area (Å²) in [4.78, 5) is 0. The molecule has 1 heterocycles. The maximum atomic E-state index is 6.02. The normalized spacial score (nSPS) is 12.6. The average molecular weight is 273 g/mol. The highest BCUT2D eigenvalue weighted by Gasteiger charge is 2.20. The molecule has 1 aromatic carbocycles. The lowest BCUT2D eigenvalue weighted by Crippen LogP contribution is -2.11. The van der Waals surface area contributed by atoms with E-state index in [1.54, 1.807) is 0 Å². The molecule has 2 nitrogen and oxygen atoms in total. The van der Waals surface area contributed by atoms with Gasteiger partial charge in [-0.15, -0.1) is 0 Å². The first-order valence-corrected chi connectivity index (χ1v) is 7.49. The number of rotatable bonds is 3. The summed E-state index contributed by atoms with van der Waals surface area (Å²) in [6, 6.07) is 4.54. The lowest BCUT2D eigenvalue weighted by molar-refractivity contribution is 0.534. The van der Waals surface area contributed by atoms with Crippen molar-refractivity contribution in [3.8, 4) is 0 Å². The zero-order chi connectivity index (χ0) is 15.1. The van der Waals surface area contributed by atoms with Crippen LogP contribution in [0.15, 0.2) is 16.5 Å². The number of nitrogens with two attached hydrogens (primary N) is 1. The molecule has 0 aliphatic rings. The smallest absolute Gasteiger partial charge is 0.137 e. The maximum absolute atomic E-state index is 6.02. The Morgan fingerprint density at radius 3 is 2.35 bits per heavy atom. The van der Waals surface area contributed by atoms with Crippen LogP contribution < -0.4 is 5.73 Å². The van der Waals surface area contributed by atoms with Gasteiger partial charge in [-0.2, -0.15) is 0 Å². The minimum absolute atomic E-state index is 0.147. The summed E-state index contributed by atoms with van der Waals surface area (Å²) < 4.78 is 6.02. The lowest BCUT2D eigenvalue weighted by Gasteiger charge is -2.20. The van der Waals surface area contributed by atoms with Crippen molar-refractivity contribution in [2.75, 3.05) is 0 Å². The van der Waals surface area contributed by atoms with Gasteiger partial charge in [-0.1, -0.05) is 40.7 Å². The SMILES string of the molecule is Cc1cc(C(C)(C)C)cc2c(CC(C)C)c(CN)oc12. The quantitative estimate of drug-likeness (QED) is 0.880. The van der Waals surface area contributed by atoms with Crippen molar-refractivity contribution in [1.29, 1.82) is 0 Å². The molecular formula is C18H27NO. The minimum atomic E-state index is 0.147. The minimum Gasteiger partial charge on any atom is -0.459 e. The molecule has 1 aromatic heterocycles. The van der Waals surface area contributed by atoms with E-state index < -0.39 is 0 Å². The van der Waals surface area contributed by atoms with Gasteiger partial charge in [-0.05, 0) is 41.9 Å². The molecule has 0 saturated carbocycles. The Kier molecular flexibility index (Phi) is 3.97. The molecule has 2 N–H and O–H groups in total. The van der Waals surface area contributed by atoms with Crippen molar-refractivity contribution in [2.45, 2.75) is 59.9 Å². The van der Waals surface area contributed by atoms with Crippen molar-refractivity contribution < 1.29 is 4.42 Å². The predicted octanol–water partition coefficient (Wildman–Crippen LogP) is 4.70. The van der Waals surface area contributed by atoms with Crippen LogP contribution in [0, 0.1) is 12.8 Å². The number of hydrogen-bond acceptors (Lipinski definition) is 2. The summed E-state index contributed by atoms with van der Waals surface area (Å²) in [7, 11) is 0. The lowest BCUT2D eigenvalue weighted by atomic mass is 9.84. The van der Waals surface area contributed by atoms with Gasteiger partial charge in [-0.3, -0.25) is 0 Å². The van der Waals surface area contributed by atoms with E-state index in [9.17, 15) is 0 Å². The van der Waals surface area contributed by atoms with Crippen LogP contribution in [0.5, 0.6) is 0 Å². The summed E-state index contributed by atoms with van der Waals surface area (Å²) in [5.74, 6) is 1.54. The zero-order valence-electron chi connectivity index (χ0n) is 13.6. The van der Waals surface area contributed by atoms with Gasteiger partial charge in [0, 0.05) is 10.9 Å². The second-order valence-electron chi connectivity index (χ2n) is 7.23. The molecule has 0 aliphatic carbocycles. The van der Waals surface area contributed by atoms with E-state index in [1.807, 2.05) is 0 Å². The Bertz CT molecular complexity index is 614. The van der Waals surface area contributed by atoms with Crippen molar-refractivity contribution in [1.82, 2.24) is 0 Å². The maximum Gasteiger partial charge on any atom is 0.137 e. The number of fused-ring (bicyclic) bond motifs is 1.